The van der Waals surface area contributed by atoms with Gasteiger partial charge in [-0.05, 0) is 61.4 Å². The second-order valence-corrected chi connectivity index (χ2v) is 25.0. The van der Waals surface area contributed by atoms with Gasteiger partial charge in [-0.2, -0.15) is 4.98 Å². The average Bonchev–Trinajstić information content (AvgIpc) is 4.06. The highest BCUT2D eigenvalue weighted by Gasteiger charge is 2.55. The SMILES string of the molecule is CC(=O)OCOP1(=S)OC[C@H]2O[C@@H](n3cnc4c(N)ccnc43)C(O)C2O1.O=c1nc(OCCS(=O)(=O)c2ccc([N+](=O)[O-])cc2)ccn1[C@@H]1O[C@@H]2COP(=S)(Oc3ccccc3Cl)OC2C1OC1CCCCO1. The standard InChI is InChI=1S/C28H29ClN3O12PS2.C14H17N4O7PS/c29-20-5-1-2-6-21(20)43-45(46)40-17-22-25(44-45)26(42-24-7-3-4-14-39-24)27(41-22)31-13-12-23(30-28(31)33)38-15-16-47(36,37)19-10-8-18(9-11-19)32(34)35;1-7(19)21-6-23-26(27)22-4-9-12(25-26)11(20)14(24-9)18-5-17-10-8(15)2-3-16-13(10)18/h1-2,5-6,8-13,22,24-27H,3-4,7,14-17H2;2-3,5,9,11-12,14,20H,4,6H2,1H3,(H2,15,16)/t22-,24?,25?,26?,27-,45?;9-,11?,12?,14-,26?/m11/s1. The number of pyridine rings is 1. The van der Waals surface area contributed by atoms with Crippen molar-refractivity contribution < 1.29 is 78.8 Å². The lowest BCUT2D eigenvalue weighted by atomic mass is 10.1. The van der Waals surface area contributed by atoms with Crippen molar-refractivity contribution in [1.29, 1.82) is 0 Å². The van der Waals surface area contributed by atoms with Crippen molar-refractivity contribution in [2.75, 3.05) is 44.7 Å². The van der Waals surface area contributed by atoms with E-state index in [4.69, 9.17) is 96.5 Å². The quantitative estimate of drug-likeness (QED) is 0.0474. The van der Waals surface area contributed by atoms with Crippen molar-refractivity contribution in [1.82, 2.24) is 24.1 Å². The van der Waals surface area contributed by atoms with Crippen LogP contribution < -0.4 is 20.7 Å². The molecular formula is C42H46ClN7O19P2S3. The van der Waals surface area contributed by atoms with E-state index in [2.05, 4.69) is 15.0 Å². The number of aliphatic hydroxyl groups excluding tert-OH is 1. The van der Waals surface area contributed by atoms with Crippen molar-refractivity contribution >= 4 is 87.0 Å². The van der Waals surface area contributed by atoms with Gasteiger partial charge in [-0.15, -0.1) is 0 Å². The first-order valence-corrected chi connectivity index (χ1v) is 29.6. The third-order valence-corrected chi connectivity index (χ3v) is 18.2. The highest BCUT2D eigenvalue weighted by atomic mass is 35.5. The molecule has 0 saturated carbocycles. The molecule has 5 saturated heterocycles. The number of rotatable bonds is 15. The molecule has 0 bridgehead atoms. The highest BCUT2D eigenvalue weighted by molar-refractivity contribution is 8.08. The lowest BCUT2D eigenvalue weighted by molar-refractivity contribution is -0.384. The molecule has 7 unspecified atom stereocenters. The number of para-hydroxylation sites is 1. The zero-order chi connectivity index (χ0) is 52.4. The van der Waals surface area contributed by atoms with Crippen molar-refractivity contribution in [2.45, 2.75) is 86.5 Å². The molecule has 5 aliphatic rings. The minimum atomic E-state index is -3.83. The number of ether oxygens (including phenoxy) is 6. The Balaban J connectivity index is 0.000000210. The van der Waals surface area contributed by atoms with E-state index in [9.17, 15) is 33.2 Å². The third-order valence-electron chi connectivity index (χ3n) is 11.7. The summed E-state index contributed by atoms with van der Waals surface area (Å²) in [5.41, 5.74) is 6.37. The number of aliphatic hydroxyl groups is 1. The van der Waals surface area contributed by atoms with Crippen molar-refractivity contribution in [2.24, 2.45) is 0 Å². The van der Waals surface area contributed by atoms with Gasteiger partial charge >= 0.3 is 25.1 Å². The van der Waals surface area contributed by atoms with E-state index in [1.54, 1.807) is 41.1 Å². The van der Waals surface area contributed by atoms with Crippen molar-refractivity contribution in [3.63, 3.8) is 0 Å². The Hall–Kier alpha value is -4.65. The first-order valence-electron chi connectivity index (χ1n) is 22.5. The monoisotopic (exact) mass is 1150 g/mol. The number of nitrogens with zero attached hydrogens (tertiary/aromatic N) is 6. The van der Waals surface area contributed by atoms with Crippen LogP contribution in [-0.4, -0.2) is 130 Å². The number of nitrogen functional groups attached to an aromatic ring is 1. The summed E-state index contributed by atoms with van der Waals surface area (Å²) in [5, 5.41) is 21.9. The largest absolute Gasteiger partial charge is 0.476 e. The van der Waals surface area contributed by atoms with E-state index in [0.717, 1.165) is 37.1 Å². The summed E-state index contributed by atoms with van der Waals surface area (Å²) < 4.78 is 97.0. The van der Waals surface area contributed by atoms with Gasteiger partial charge < -0.3 is 48.3 Å². The Bertz CT molecular complexity index is 3140. The number of nitro groups is 1. The first-order chi connectivity index (χ1) is 35.4. The minimum Gasteiger partial charge on any atom is -0.476 e. The molecule has 8 heterocycles. The number of hydrogen-bond acceptors (Lipinski definition) is 25. The fourth-order valence-corrected chi connectivity index (χ4v) is 13.5. The van der Waals surface area contributed by atoms with Gasteiger partial charge in [-0.1, -0.05) is 23.7 Å². The van der Waals surface area contributed by atoms with Gasteiger partial charge in [0.25, 0.3) is 5.69 Å². The molecule has 398 valence electrons. The molecular weight excluding hydrogens is 1100 g/mol. The van der Waals surface area contributed by atoms with Gasteiger partial charge in [0, 0.05) is 55.9 Å². The number of non-ortho nitro benzene ring substituents is 1. The molecule has 0 amide bonds. The maximum absolute atomic E-state index is 13.3. The maximum Gasteiger partial charge on any atom is 0.381 e. The van der Waals surface area contributed by atoms with E-state index in [1.807, 2.05) is 0 Å². The Morgan fingerprint density at radius 1 is 0.986 bits per heavy atom. The number of carbonyl (C=O) groups excluding carboxylic acids is 1. The summed E-state index contributed by atoms with van der Waals surface area (Å²) in [6.45, 7) is -5.44. The number of hydrogen-bond donors (Lipinski definition) is 2. The highest BCUT2D eigenvalue weighted by Crippen LogP contribution is 2.59. The summed E-state index contributed by atoms with van der Waals surface area (Å²) in [5.74, 6) is -0.788. The van der Waals surface area contributed by atoms with E-state index in [0.29, 0.717) is 40.7 Å². The van der Waals surface area contributed by atoms with Crippen LogP contribution in [0.2, 0.25) is 5.02 Å². The normalized spacial score (nSPS) is 29.6. The lowest BCUT2D eigenvalue weighted by Crippen LogP contribution is -2.44. The van der Waals surface area contributed by atoms with Gasteiger partial charge in [0.05, 0.1) is 45.8 Å². The van der Waals surface area contributed by atoms with E-state index >= 15 is 0 Å². The fraction of sp³-hybridized carbons (Fsp3) is 0.452. The van der Waals surface area contributed by atoms with Gasteiger partial charge in [0.2, 0.25) is 12.7 Å². The Morgan fingerprint density at radius 3 is 2.43 bits per heavy atom. The predicted octanol–water partition coefficient (Wildman–Crippen LogP) is 4.63. The molecule has 26 nitrogen and oxygen atoms in total. The molecule has 32 heteroatoms. The van der Waals surface area contributed by atoms with Crippen LogP contribution in [0.1, 0.15) is 38.6 Å². The summed E-state index contributed by atoms with van der Waals surface area (Å²) >= 11 is 17.2. The molecule has 3 aromatic heterocycles. The molecule has 74 heavy (non-hydrogen) atoms. The molecule has 10 rings (SSSR count). The maximum atomic E-state index is 13.3. The van der Waals surface area contributed by atoms with Crippen molar-refractivity contribution in [3.05, 3.63) is 105 Å². The number of nitrogens with two attached hydrogens (primary N) is 1. The first kappa shape index (κ1) is 54.2. The van der Waals surface area contributed by atoms with Gasteiger partial charge in [-0.3, -0.25) is 42.1 Å². The second-order valence-electron chi connectivity index (χ2n) is 16.6. The van der Waals surface area contributed by atoms with Crippen molar-refractivity contribution in [3.8, 4) is 11.6 Å². The summed E-state index contributed by atoms with van der Waals surface area (Å²) in [6, 6.07) is 14.3. The lowest BCUT2D eigenvalue weighted by Gasteiger charge is -2.36. The number of carbonyl (C=O) groups is 1. The van der Waals surface area contributed by atoms with E-state index in [-0.39, 0.29) is 43.1 Å². The van der Waals surface area contributed by atoms with Gasteiger partial charge in [-0.25, -0.2) is 23.2 Å². The van der Waals surface area contributed by atoms with Gasteiger partial charge in [0.1, 0.15) is 54.5 Å². The summed E-state index contributed by atoms with van der Waals surface area (Å²) in [6.07, 6.45) is -0.283. The molecule has 5 aliphatic heterocycles. The fourth-order valence-electron chi connectivity index (χ4n) is 8.12. The molecule has 0 aliphatic carbocycles. The van der Waals surface area contributed by atoms with E-state index < -0.39 is 101 Å². The van der Waals surface area contributed by atoms with Crippen LogP contribution in [0.15, 0.2) is 89.1 Å². The Labute approximate surface area is 435 Å². The van der Waals surface area contributed by atoms with Gasteiger partial charge in [0.15, 0.2) is 34.2 Å². The number of aromatic nitrogens is 5. The number of fused-ring (bicyclic) bond motifs is 3. The molecule has 11 atom stereocenters. The minimum absolute atomic E-state index is 0.000882. The third kappa shape index (κ3) is 12.3. The predicted molar refractivity (Wildman–Crippen MR) is 263 cm³/mol. The van der Waals surface area contributed by atoms with Crippen LogP contribution in [0.5, 0.6) is 11.6 Å². The van der Waals surface area contributed by atoms with E-state index in [1.165, 1.54) is 30.1 Å². The van der Waals surface area contributed by atoms with Crippen LogP contribution >= 0.6 is 25.0 Å². The van der Waals surface area contributed by atoms with Crippen LogP contribution in [0.25, 0.3) is 11.2 Å². The van der Waals surface area contributed by atoms with Crippen LogP contribution in [-0.2, 0) is 84.5 Å². The molecule has 3 N–H and O–H groups in total. The second kappa shape index (κ2) is 22.9. The zero-order valence-electron chi connectivity index (χ0n) is 38.6. The summed E-state index contributed by atoms with van der Waals surface area (Å²) in [7, 11) is -3.83. The number of halogens is 1. The molecule has 2 aromatic carbocycles. The van der Waals surface area contributed by atoms with Crippen LogP contribution in [0.4, 0.5) is 11.4 Å². The summed E-state index contributed by atoms with van der Waals surface area (Å²) in [4.78, 5) is 46.7. The van der Waals surface area contributed by atoms with Crippen LogP contribution in [0, 0.1) is 10.1 Å². The average molecular weight is 1150 g/mol. The Kier molecular flexibility index (Phi) is 16.8. The molecule has 0 radical (unpaired) electrons. The molecule has 0 spiro atoms. The number of imidazole rings is 1. The molecule has 5 aromatic rings. The topological polar surface area (TPSA) is 317 Å². The smallest absolute Gasteiger partial charge is 0.381 e. The van der Waals surface area contributed by atoms with Crippen LogP contribution in [0.3, 0.4) is 0 Å². The molecule has 5 fully saturated rings. The number of sulfone groups is 1. The number of benzene rings is 2. The number of nitro benzene ring substituents is 1. The Morgan fingerprint density at radius 2 is 1.72 bits per heavy atom. The number of anilines is 1. The number of esters is 1. The zero-order valence-corrected chi connectivity index (χ0v) is 43.6.